The van der Waals surface area contributed by atoms with E-state index < -0.39 is 10.8 Å². The lowest BCUT2D eigenvalue weighted by Crippen LogP contribution is -2.17. The van der Waals surface area contributed by atoms with Gasteiger partial charge in [0.15, 0.2) is 0 Å². The Bertz CT molecular complexity index is 589. The second-order valence-corrected chi connectivity index (χ2v) is 6.38. The molecule has 0 fully saturated rings. The minimum atomic E-state index is -0.709. The fourth-order valence-corrected chi connectivity index (χ4v) is 2.73. The standard InChI is InChI=1S/C14H17ClN2OS/c1-19(18)9-3-7-16-10-11-5-6-13(15)12-4-2-8-17-14(11)12/h2,4-6,8,16H,3,7,9-10H2,1H3/t19-/m1/s1. The molecular formula is C14H17ClN2OS. The molecule has 1 N–H and O–H groups in total. The van der Waals surface area contributed by atoms with Crippen LogP contribution in [-0.2, 0) is 17.3 Å². The first-order valence-corrected chi connectivity index (χ1v) is 8.32. The van der Waals surface area contributed by atoms with E-state index >= 15 is 0 Å². The molecule has 19 heavy (non-hydrogen) atoms. The predicted octanol–water partition coefficient (Wildman–Crippen LogP) is 2.75. The molecule has 2 aromatic rings. The maximum Gasteiger partial charge on any atom is 0.0761 e. The third-order valence-electron chi connectivity index (χ3n) is 2.90. The number of hydrogen-bond acceptors (Lipinski definition) is 3. The van der Waals surface area contributed by atoms with Crippen molar-refractivity contribution in [2.45, 2.75) is 13.0 Å². The van der Waals surface area contributed by atoms with Crippen LogP contribution in [0.4, 0.5) is 0 Å². The third-order valence-corrected chi connectivity index (χ3v) is 4.09. The van der Waals surface area contributed by atoms with Gasteiger partial charge in [-0.1, -0.05) is 17.7 Å². The molecule has 0 saturated carbocycles. The lowest BCUT2D eigenvalue weighted by Gasteiger charge is -2.08. The van der Waals surface area contributed by atoms with Gasteiger partial charge in [-0.2, -0.15) is 0 Å². The van der Waals surface area contributed by atoms with Crippen LogP contribution in [0.15, 0.2) is 30.5 Å². The Hall–Kier alpha value is -0.970. The van der Waals surface area contributed by atoms with Gasteiger partial charge >= 0.3 is 0 Å². The van der Waals surface area contributed by atoms with Crippen molar-refractivity contribution in [2.75, 3.05) is 18.6 Å². The van der Waals surface area contributed by atoms with Crippen molar-refractivity contribution in [2.24, 2.45) is 0 Å². The Morgan fingerprint density at radius 2 is 2.21 bits per heavy atom. The van der Waals surface area contributed by atoms with Gasteiger partial charge in [0, 0.05) is 46.0 Å². The highest BCUT2D eigenvalue weighted by atomic mass is 35.5. The van der Waals surface area contributed by atoms with E-state index in [1.54, 1.807) is 12.5 Å². The van der Waals surface area contributed by atoms with Crippen molar-refractivity contribution >= 4 is 33.3 Å². The van der Waals surface area contributed by atoms with Gasteiger partial charge in [-0.25, -0.2) is 0 Å². The summed E-state index contributed by atoms with van der Waals surface area (Å²) in [5, 5.41) is 5.07. The number of nitrogens with zero attached hydrogens (tertiary/aromatic N) is 1. The molecule has 0 aliphatic heterocycles. The summed E-state index contributed by atoms with van der Waals surface area (Å²) in [6.45, 7) is 1.61. The van der Waals surface area contributed by atoms with Crippen LogP contribution in [0.3, 0.4) is 0 Å². The fourth-order valence-electron chi connectivity index (χ4n) is 1.96. The van der Waals surface area contributed by atoms with Gasteiger partial charge in [-0.15, -0.1) is 0 Å². The maximum absolute atomic E-state index is 10.9. The van der Waals surface area contributed by atoms with Crippen molar-refractivity contribution < 1.29 is 4.21 Å². The summed E-state index contributed by atoms with van der Waals surface area (Å²) in [7, 11) is -0.709. The summed E-state index contributed by atoms with van der Waals surface area (Å²) >= 11 is 6.15. The van der Waals surface area contributed by atoms with Crippen LogP contribution in [0, 0.1) is 0 Å². The van der Waals surface area contributed by atoms with Gasteiger partial charge in [0.25, 0.3) is 0 Å². The van der Waals surface area contributed by atoms with Crippen molar-refractivity contribution in [1.29, 1.82) is 0 Å². The highest BCUT2D eigenvalue weighted by Crippen LogP contribution is 2.24. The van der Waals surface area contributed by atoms with Crippen LogP contribution < -0.4 is 5.32 Å². The summed E-state index contributed by atoms with van der Waals surface area (Å²) in [5.74, 6) is 0.743. The molecule has 0 radical (unpaired) electrons. The molecule has 3 nitrogen and oxygen atoms in total. The fraction of sp³-hybridized carbons (Fsp3) is 0.357. The van der Waals surface area contributed by atoms with Gasteiger partial charge in [-0.05, 0) is 36.7 Å². The molecular weight excluding hydrogens is 280 g/mol. The molecule has 1 heterocycles. The number of benzene rings is 1. The lowest BCUT2D eigenvalue weighted by atomic mass is 10.1. The smallest absolute Gasteiger partial charge is 0.0761 e. The minimum absolute atomic E-state index is 0.709. The second-order valence-electron chi connectivity index (χ2n) is 4.41. The molecule has 0 unspecified atom stereocenters. The van der Waals surface area contributed by atoms with Crippen LogP contribution in [0.2, 0.25) is 5.02 Å². The Morgan fingerprint density at radius 1 is 1.37 bits per heavy atom. The topological polar surface area (TPSA) is 42.0 Å². The summed E-state index contributed by atoms with van der Waals surface area (Å²) in [4.78, 5) is 4.40. The first-order chi connectivity index (χ1) is 9.18. The van der Waals surface area contributed by atoms with Gasteiger partial charge in [0.2, 0.25) is 0 Å². The molecule has 102 valence electrons. The maximum atomic E-state index is 10.9. The van der Waals surface area contributed by atoms with Crippen LogP contribution in [0.1, 0.15) is 12.0 Å². The highest BCUT2D eigenvalue weighted by molar-refractivity contribution is 7.84. The van der Waals surface area contributed by atoms with E-state index in [-0.39, 0.29) is 0 Å². The first kappa shape index (κ1) is 14.4. The number of pyridine rings is 1. The quantitative estimate of drug-likeness (QED) is 0.834. The van der Waals surface area contributed by atoms with Crippen molar-refractivity contribution in [3.05, 3.63) is 41.0 Å². The van der Waals surface area contributed by atoms with Crippen LogP contribution in [-0.4, -0.2) is 27.7 Å². The zero-order valence-electron chi connectivity index (χ0n) is 10.9. The minimum Gasteiger partial charge on any atom is -0.313 e. The summed E-state index contributed by atoms with van der Waals surface area (Å²) in [6, 6.07) is 7.78. The first-order valence-electron chi connectivity index (χ1n) is 6.21. The van der Waals surface area contributed by atoms with Crippen LogP contribution in [0.5, 0.6) is 0 Å². The normalized spacial score (nSPS) is 12.7. The van der Waals surface area contributed by atoms with Crippen molar-refractivity contribution in [3.63, 3.8) is 0 Å². The second kappa shape index (κ2) is 6.98. The number of hydrogen-bond donors (Lipinski definition) is 1. The monoisotopic (exact) mass is 296 g/mol. The molecule has 0 spiro atoms. The molecule has 1 aromatic heterocycles. The molecule has 1 aromatic carbocycles. The molecule has 0 bridgehead atoms. The van der Waals surface area contributed by atoms with E-state index in [1.165, 1.54) is 0 Å². The summed E-state index contributed by atoms with van der Waals surface area (Å²) < 4.78 is 10.9. The lowest BCUT2D eigenvalue weighted by molar-refractivity contribution is 0.663. The van der Waals surface area contributed by atoms with Gasteiger partial charge < -0.3 is 5.32 Å². The van der Waals surface area contributed by atoms with Gasteiger partial charge in [0.05, 0.1) is 5.52 Å². The average Bonchev–Trinajstić information content (AvgIpc) is 2.41. The Morgan fingerprint density at radius 3 is 3.00 bits per heavy atom. The third kappa shape index (κ3) is 4.00. The molecule has 5 heteroatoms. The number of nitrogens with one attached hydrogen (secondary N) is 1. The van der Waals surface area contributed by atoms with Gasteiger partial charge in [0.1, 0.15) is 0 Å². The van der Waals surface area contributed by atoms with Crippen molar-refractivity contribution in [3.8, 4) is 0 Å². The van der Waals surface area contributed by atoms with E-state index in [0.29, 0.717) is 0 Å². The zero-order valence-corrected chi connectivity index (χ0v) is 12.4. The van der Waals surface area contributed by atoms with Crippen LogP contribution >= 0.6 is 11.6 Å². The largest absolute Gasteiger partial charge is 0.313 e. The molecule has 0 amide bonds. The number of halogens is 1. The molecule has 2 rings (SSSR count). The van der Waals surface area contributed by atoms with E-state index in [9.17, 15) is 4.21 Å². The molecule has 0 aliphatic rings. The van der Waals surface area contributed by atoms with E-state index in [2.05, 4.69) is 10.3 Å². The van der Waals surface area contributed by atoms with Gasteiger partial charge in [-0.3, -0.25) is 9.19 Å². The van der Waals surface area contributed by atoms with Crippen molar-refractivity contribution in [1.82, 2.24) is 10.3 Å². The SMILES string of the molecule is C[S@@](=O)CCCNCc1ccc(Cl)c2cccnc12. The summed E-state index contributed by atoms with van der Waals surface area (Å²) in [5.41, 5.74) is 2.08. The Labute approximate surface area is 120 Å². The predicted molar refractivity (Wildman–Crippen MR) is 82.0 cm³/mol. The number of fused-ring (bicyclic) bond motifs is 1. The molecule has 0 saturated heterocycles. The number of rotatable bonds is 6. The van der Waals surface area contributed by atoms with E-state index in [4.69, 9.17) is 11.6 Å². The number of aromatic nitrogens is 1. The van der Waals surface area contributed by atoms with E-state index in [0.717, 1.165) is 46.8 Å². The zero-order chi connectivity index (χ0) is 13.7. The summed E-state index contributed by atoms with van der Waals surface area (Å²) in [6.07, 6.45) is 4.43. The molecule has 0 aliphatic carbocycles. The average molecular weight is 297 g/mol. The molecule has 1 atom stereocenters. The van der Waals surface area contributed by atoms with E-state index in [1.807, 2.05) is 24.3 Å². The van der Waals surface area contributed by atoms with Crippen LogP contribution in [0.25, 0.3) is 10.9 Å². The Balaban J connectivity index is 2.01. The Kier molecular flexibility index (Phi) is 5.31. The highest BCUT2D eigenvalue weighted by Gasteiger charge is 2.05.